The molecule has 0 saturated carbocycles. The Labute approximate surface area is 99.6 Å². The lowest BCUT2D eigenvalue weighted by molar-refractivity contribution is 0.0697. The van der Waals surface area contributed by atoms with Crippen LogP contribution < -0.4 is 11.1 Å². The van der Waals surface area contributed by atoms with Crippen LogP contribution in [0.4, 0.5) is 11.4 Å². The van der Waals surface area contributed by atoms with Gasteiger partial charge in [0.2, 0.25) is 0 Å². The van der Waals surface area contributed by atoms with Crippen LogP contribution in [0, 0.1) is 0 Å². The lowest BCUT2D eigenvalue weighted by Gasteiger charge is -2.13. The third-order valence-corrected chi connectivity index (χ3v) is 2.84. The van der Waals surface area contributed by atoms with E-state index in [2.05, 4.69) is 5.32 Å². The zero-order valence-corrected chi connectivity index (χ0v) is 9.48. The molecule has 0 aromatic heterocycles. The second-order valence-corrected chi connectivity index (χ2v) is 4.12. The van der Waals surface area contributed by atoms with Gasteiger partial charge in [0.1, 0.15) is 0 Å². The monoisotopic (exact) mass is 236 g/mol. The Hall–Kier alpha value is -1.75. The average molecular weight is 236 g/mol. The Bertz CT molecular complexity index is 414. The number of nitrogen functional groups attached to an aromatic ring is 1. The van der Waals surface area contributed by atoms with E-state index in [0.717, 1.165) is 25.1 Å². The molecule has 0 aliphatic carbocycles. The van der Waals surface area contributed by atoms with E-state index in [1.165, 1.54) is 12.1 Å². The molecule has 2 rings (SSSR count). The molecule has 1 atom stereocenters. The van der Waals surface area contributed by atoms with Crippen LogP contribution in [0.3, 0.4) is 0 Å². The topological polar surface area (TPSA) is 84.6 Å². The van der Waals surface area contributed by atoms with Gasteiger partial charge in [0.15, 0.2) is 0 Å². The van der Waals surface area contributed by atoms with Crippen molar-refractivity contribution >= 4 is 17.3 Å². The number of carboxylic acids is 1. The second-order valence-electron chi connectivity index (χ2n) is 4.12. The van der Waals surface area contributed by atoms with E-state index in [9.17, 15) is 4.79 Å². The molecule has 0 bridgehead atoms. The third-order valence-electron chi connectivity index (χ3n) is 2.84. The van der Waals surface area contributed by atoms with Crippen molar-refractivity contribution in [2.24, 2.45) is 0 Å². The summed E-state index contributed by atoms with van der Waals surface area (Å²) in [5.74, 6) is -0.970. The van der Waals surface area contributed by atoms with Crippen LogP contribution >= 0.6 is 0 Å². The molecule has 92 valence electrons. The van der Waals surface area contributed by atoms with Gasteiger partial charge in [0, 0.05) is 13.2 Å². The highest BCUT2D eigenvalue weighted by Gasteiger charge is 2.15. The summed E-state index contributed by atoms with van der Waals surface area (Å²) >= 11 is 0. The van der Waals surface area contributed by atoms with Gasteiger partial charge in [0.05, 0.1) is 23.0 Å². The summed E-state index contributed by atoms with van der Waals surface area (Å²) in [4.78, 5) is 10.7. The summed E-state index contributed by atoms with van der Waals surface area (Å²) in [5, 5.41) is 12.0. The molecule has 5 heteroatoms. The number of carbonyl (C=O) groups is 1. The highest BCUT2D eigenvalue weighted by atomic mass is 16.5. The zero-order chi connectivity index (χ0) is 12.3. The minimum absolute atomic E-state index is 0.199. The van der Waals surface area contributed by atoms with Crippen LogP contribution in [0.25, 0.3) is 0 Å². The standard InChI is InChI=1S/C12H16N2O3/c13-10-6-8(12(15)16)3-4-11(10)14-7-9-2-1-5-17-9/h3-4,6,9,14H,1-2,5,7,13H2,(H,15,16). The number of benzene rings is 1. The molecule has 0 radical (unpaired) electrons. The van der Waals surface area contributed by atoms with Gasteiger partial charge in [-0.1, -0.05) is 0 Å². The van der Waals surface area contributed by atoms with Crippen LogP contribution in [0.15, 0.2) is 18.2 Å². The van der Waals surface area contributed by atoms with Crippen molar-refractivity contribution in [1.82, 2.24) is 0 Å². The molecular weight excluding hydrogens is 220 g/mol. The van der Waals surface area contributed by atoms with Crippen LogP contribution in [0.1, 0.15) is 23.2 Å². The van der Waals surface area contributed by atoms with E-state index in [4.69, 9.17) is 15.6 Å². The predicted octanol–water partition coefficient (Wildman–Crippen LogP) is 1.56. The van der Waals surface area contributed by atoms with E-state index in [-0.39, 0.29) is 11.7 Å². The highest BCUT2D eigenvalue weighted by Crippen LogP contribution is 2.21. The van der Waals surface area contributed by atoms with Gasteiger partial charge in [-0.05, 0) is 31.0 Å². The van der Waals surface area contributed by atoms with Crippen molar-refractivity contribution in [3.05, 3.63) is 23.8 Å². The van der Waals surface area contributed by atoms with Gasteiger partial charge < -0.3 is 20.9 Å². The minimum atomic E-state index is -0.970. The van der Waals surface area contributed by atoms with Crippen LogP contribution in [0.2, 0.25) is 0 Å². The molecule has 4 N–H and O–H groups in total. The summed E-state index contributed by atoms with van der Waals surface area (Å²) in [5.41, 5.74) is 7.18. The SMILES string of the molecule is Nc1cc(C(=O)O)ccc1NCC1CCCO1. The third kappa shape index (κ3) is 2.88. The molecule has 1 aliphatic rings. The second kappa shape index (κ2) is 5.05. The minimum Gasteiger partial charge on any atom is -0.478 e. The number of carboxylic acid groups (broad SMARTS) is 1. The lowest BCUT2D eigenvalue weighted by atomic mass is 10.1. The number of rotatable bonds is 4. The Morgan fingerprint density at radius 2 is 2.41 bits per heavy atom. The molecule has 1 aliphatic heterocycles. The van der Waals surface area contributed by atoms with Crippen molar-refractivity contribution in [1.29, 1.82) is 0 Å². The van der Waals surface area contributed by atoms with Gasteiger partial charge in [0.25, 0.3) is 0 Å². The predicted molar refractivity (Wildman–Crippen MR) is 65.3 cm³/mol. The Kier molecular flexibility index (Phi) is 3.49. The zero-order valence-electron chi connectivity index (χ0n) is 9.48. The van der Waals surface area contributed by atoms with E-state index in [1.54, 1.807) is 6.07 Å². The first-order valence-electron chi connectivity index (χ1n) is 5.65. The number of hydrogen-bond donors (Lipinski definition) is 3. The summed E-state index contributed by atoms with van der Waals surface area (Å²) in [6, 6.07) is 4.68. The molecule has 0 amide bonds. The lowest BCUT2D eigenvalue weighted by Crippen LogP contribution is -2.19. The quantitative estimate of drug-likeness (QED) is 0.691. The van der Waals surface area contributed by atoms with Crippen molar-refractivity contribution in [2.45, 2.75) is 18.9 Å². The summed E-state index contributed by atoms with van der Waals surface area (Å²) in [6.45, 7) is 1.52. The van der Waals surface area contributed by atoms with Crippen LogP contribution in [-0.2, 0) is 4.74 Å². The normalized spacial score (nSPS) is 19.2. The number of nitrogens with one attached hydrogen (secondary N) is 1. The summed E-state index contributed by atoms with van der Waals surface area (Å²) in [7, 11) is 0. The maximum absolute atomic E-state index is 10.7. The molecule has 1 heterocycles. The first kappa shape index (κ1) is 11.7. The number of anilines is 2. The first-order chi connectivity index (χ1) is 8.16. The molecule has 1 aromatic rings. The van der Waals surface area contributed by atoms with Crippen molar-refractivity contribution < 1.29 is 14.6 Å². The molecule has 1 unspecified atom stereocenters. The van der Waals surface area contributed by atoms with Crippen molar-refractivity contribution in [3.8, 4) is 0 Å². The average Bonchev–Trinajstić information content (AvgIpc) is 2.80. The maximum atomic E-state index is 10.7. The fourth-order valence-corrected chi connectivity index (χ4v) is 1.89. The Morgan fingerprint density at radius 1 is 1.59 bits per heavy atom. The molecule has 17 heavy (non-hydrogen) atoms. The number of aromatic carboxylic acids is 1. The Balaban J connectivity index is 1.98. The maximum Gasteiger partial charge on any atom is 0.335 e. The van der Waals surface area contributed by atoms with Crippen LogP contribution in [0.5, 0.6) is 0 Å². The fraction of sp³-hybridized carbons (Fsp3) is 0.417. The van der Waals surface area contributed by atoms with Crippen molar-refractivity contribution in [2.75, 3.05) is 24.2 Å². The Morgan fingerprint density at radius 3 is 3.00 bits per heavy atom. The van der Waals surface area contributed by atoms with Gasteiger partial charge in [-0.15, -0.1) is 0 Å². The number of nitrogens with two attached hydrogens (primary N) is 1. The smallest absolute Gasteiger partial charge is 0.335 e. The van der Waals surface area contributed by atoms with Crippen molar-refractivity contribution in [3.63, 3.8) is 0 Å². The van der Waals surface area contributed by atoms with Gasteiger partial charge in [-0.25, -0.2) is 4.79 Å². The molecule has 5 nitrogen and oxygen atoms in total. The van der Waals surface area contributed by atoms with Gasteiger partial charge >= 0.3 is 5.97 Å². The van der Waals surface area contributed by atoms with E-state index >= 15 is 0 Å². The molecule has 1 fully saturated rings. The van der Waals surface area contributed by atoms with E-state index < -0.39 is 5.97 Å². The highest BCUT2D eigenvalue weighted by molar-refractivity contribution is 5.90. The van der Waals surface area contributed by atoms with Gasteiger partial charge in [-0.2, -0.15) is 0 Å². The molecule has 1 saturated heterocycles. The fourth-order valence-electron chi connectivity index (χ4n) is 1.89. The summed E-state index contributed by atoms with van der Waals surface area (Å²) < 4.78 is 5.48. The van der Waals surface area contributed by atoms with E-state index in [1.807, 2.05) is 0 Å². The molecule has 0 spiro atoms. The number of hydrogen-bond acceptors (Lipinski definition) is 4. The molecular formula is C12H16N2O3. The van der Waals surface area contributed by atoms with Crippen LogP contribution in [-0.4, -0.2) is 30.3 Å². The largest absolute Gasteiger partial charge is 0.478 e. The number of ether oxygens (including phenoxy) is 1. The summed E-state index contributed by atoms with van der Waals surface area (Å²) in [6.07, 6.45) is 2.38. The molecule has 1 aromatic carbocycles. The van der Waals surface area contributed by atoms with E-state index in [0.29, 0.717) is 12.2 Å². The van der Waals surface area contributed by atoms with Gasteiger partial charge in [-0.3, -0.25) is 0 Å². The first-order valence-corrected chi connectivity index (χ1v) is 5.65.